The van der Waals surface area contributed by atoms with E-state index >= 15 is 0 Å². The first kappa shape index (κ1) is 21.3. The van der Waals surface area contributed by atoms with Crippen LogP contribution in [0.15, 0.2) is 36.4 Å². The van der Waals surface area contributed by atoms with Crippen molar-refractivity contribution in [2.75, 3.05) is 51.7 Å². The molecule has 0 unspecified atom stereocenters. The molecule has 0 bridgehead atoms. The number of phenols is 1. The van der Waals surface area contributed by atoms with Crippen LogP contribution >= 0.6 is 11.6 Å². The Morgan fingerprint density at radius 2 is 1.87 bits per heavy atom. The number of halogens is 1. The number of nitrogens with zero attached hydrogens (tertiary/aromatic N) is 3. The van der Waals surface area contributed by atoms with Crippen LogP contribution in [0.4, 0.5) is 5.69 Å². The van der Waals surface area contributed by atoms with E-state index in [-0.39, 0.29) is 5.75 Å². The highest BCUT2D eigenvalue weighted by Gasteiger charge is 2.29. The van der Waals surface area contributed by atoms with Crippen LogP contribution in [0.1, 0.15) is 42.7 Å². The summed E-state index contributed by atoms with van der Waals surface area (Å²) in [6.07, 6.45) is 2.22. The molecular weight excluding hydrogens is 398 g/mol. The normalized spacial score (nSPS) is 21.8. The van der Waals surface area contributed by atoms with Crippen LogP contribution in [0.5, 0.6) is 11.5 Å². The fraction of sp³-hybridized carbons (Fsp3) is 0.500. The highest BCUT2D eigenvalue weighted by molar-refractivity contribution is 6.30. The molecule has 162 valence electrons. The molecular formula is C24H32ClN3O2. The number of fused-ring (bicyclic) bond motifs is 1. The van der Waals surface area contributed by atoms with Gasteiger partial charge < -0.3 is 19.7 Å². The molecule has 2 aliphatic rings. The van der Waals surface area contributed by atoms with E-state index in [1.807, 2.05) is 12.1 Å². The second-order valence-corrected chi connectivity index (χ2v) is 9.25. The molecule has 6 heteroatoms. The minimum Gasteiger partial charge on any atom is -0.508 e. The van der Waals surface area contributed by atoms with E-state index in [9.17, 15) is 5.11 Å². The fourth-order valence-electron chi connectivity index (χ4n) is 4.74. The SMILES string of the molecule is C[C@@H]1C[C@@H](CCN(C)Oc2cc(O)cc(Cl)c2)c2ccc(N3CCN(C)CC3)cc21. The smallest absolute Gasteiger partial charge is 0.152 e. The number of hydroxylamine groups is 2. The van der Waals surface area contributed by atoms with Gasteiger partial charge in [-0.05, 0) is 61.1 Å². The first-order valence-electron chi connectivity index (χ1n) is 10.8. The summed E-state index contributed by atoms with van der Waals surface area (Å²) in [6, 6.07) is 11.9. The van der Waals surface area contributed by atoms with Crippen LogP contribution in [0.2, 0.25) is 5.02 Å². The first-order chi connectivity index (χ1) is 14.4. The standard InChI is InChI=1S/C24H32ClN3O2/c1-17-12-18(6-7-27(3)30-22-14-19(25)13-21(29)16-22)23-5-4-20(15-24(17)23)28-10-8-26(2)9-11-28/h4-5,13-18,29H,6-12H2,1-3H3/t17-,18-/m1/s1. The maximum absolute atomic E-state index is 9.69. The zero-order valence-electron chi connectivity index (χ0n) is 18.1. The quantitative estimate of drug-likeness (QED) is 0.673. The van der Waals surface area contributed by atoms with Crippen LogP contribution in [-0.2, 0) is 0 Å². The van der Waals surface area contributed by atoms with Crippen molar-refractivity contribution in [1.29, 1.82) is 0 Å². The van der Waals surface area contributed by atoms with E-state index in [1.165, 1.54) is 29.3 Å². The Hall–Kier alpha value is -1.95. The molecule has 1 aliphatic heterocycles. The molecule has 0 radical (unpaired) electrons. The zero-order chi connectivity index (χ0) is 21.3. The Balaban J connectivity index is 1.37. The molecule has 0 aromatic heterocycles. The van der Waals surface area contributed by atoms with E-state index in [0.29, 0.717) is 22.6 Å². The highest BCUT2D eigenvalue weighted by Crippen LogP contribution is 2.44. The Kier molecular flexibility index (Phi) is 6.42. The summed E-state index contributed by atoms with van der Waals surface area (Å²) in [5.41, 5.74) is 4.38. The molecule has 0 spiro atoms. The maximum atomic E-state index is 9.69. The van der Waals surface area contributed by atoms with Crippen LogP contribution in [-0.4, -0.2) is 61.9 Å². The molecule has 1 saturated heterocycles. The van der Waals surface area contributed by atoms with Crippen LogP contribution in [0, 0.1) is 0 Å². The van der Waals surface area contributed by atoms with Crippen molar-refractivity contribution in [2.24, 2.45) is 0 Å². The van der Waals surface area contributed by atoms with Gasteiger partial charge in [-0.25, -0.2) is 0 Å². The van der Waals surface area contributed by atoms with E-state index in [0.717, 1.165) is 39.1 Å². The fourth-order valence-corrected chi connectivity index (χ4v) is 4.96. The number of benzene rings is 2. The van der Waals surface area contributed by atoms with Crippen molar-refractivity contribution in [2.45, 2.75) is 31.6 Å². The summed E-state index contributed by atoms with van der Waals surface area (Å²) >= 11 is 6.00. The van der Waals surface area contributed by atoms with Crippen molar-refractivity contribution < 1.29 is 9.94 Å². The number of likely N-dealkylation sites (N-methyl/N-ethyl adjacent to an activating group) is 1. The lowest BCUT2D eigenvalue weighted by Gasteiger charge is -2.34. The van der Waals surface area contributed by atoms with E-state index in [4.69, 9.17) is 16.4 Å². The van der Waals surface area contributed by atoms with Crippen molar-refractivity contribution in [3.63, 3.8) is 0 Å². The maximum Gasteiger partial charge on any atom is 0.152 e. The predicted molar refractivity (Wildman–Crippen MR) is 123 cm³/mol. The lowest BCUT2D eigenvalue weighted by molar-refractivity contribution is -0.0339. The topological polar surface area (TPSA) is 39.2 Å². The van der Waals surface area contributed by atoms with Gasteiger partial charge in [0.2, 0.25) is 0 Å². The van der Waals surface area contributed by atoms with Gasteiger partial charge in [0.1, 0.15) is 5.75 Å². The van der Waals surface area contributed by atoms with Gasteiger partial charge >= 0.3 is 0 Å². The number of piperazine rings is 1. The van der Waals surface area contributed by atoms with Crippen LogP contribution in [0.25, 0.3) is 0 Å². The number of rotatable bonds is 6. The van der Waals surface area contributed by atoms with Gasteiger partial charge in [-0.1, -0.05) is 24.6 Å². The van der Waals surface area contributed by atoms with Gasteiger partial charge in [0.05, 0.1) is 0 Å². The molecule has 1 aliphatic carbocycles. The first-order valence-corrected chi connectivity index (χ1v) is 11.2. The summed E-state index contributed by atoms with van der Waals surface area (Å²) in [7, 11) is 4.12. The Morgan fingerprint density at radius 3 is 2.60 bits per heavy atom. The summed E-state index contributed by atoms with van der Waals surface area (Å²) in [5, 5.41) is 12.0. The molecule has 0 saturated carbocycles. The Bertz CT molecular complexity index is 862. The third-order valence-corrected chi connectivity index (χ3v) is 6.68. The van der Waals surface area contributed by atoms with E-state index in [2.05, 4.69) is 42.0 Å². The van der Waals surface area contributed by atoms with Gasteiger partial charge in [0.25, 0.3) is 0 Å². The lowest BCUT2D eigenvalue weighted by Crippen LogP contribution is -2.44. The van der Waals surface area contributed by atoms with Crippen molar-refractivity contribution in [1.82, 2.24) is 9.96 Å². The van der Waals surface area contributed by atoms with Crippen LogP contribution in [0.3, 0.4) is 0 Å². The lowest BCUT2D eigenvalue weighted by atomic mass is 9.97. The average molecular weight is 430 g/mol. The molecule has 2 aromatic carbocycles. The van der Waals surface area contributed by atoms with Crippen LogP contribution < -0.4 is 9.74 Å². The predicted octanol–water partition coefficient (Wildman–Crippen LogP) is 4.70. The van der Waals surface area contributed by atoms with E-state index < -0.39 is 0 Å². The highest BCUT2D eigenvalue weighted by atomic mass is 35.5. The Morgan fingerprint density at radius 1 is 1.10 bits per heavy atom. The van der Waals surface area contributed by atoms with Gasteiger partial charge in [-0.15, -0.1) is 5.06 Å². The number of aromatic hydroxyl groups is 1. The minimum atomic E-state index is 0.112. The molecule has 1 N–H and O–H groups in total. The van der Waals surface area contributed by atoms with Crippen molar-refractivity contribution >= 4 is 17.3 Å². The summed E-state index contributed by atoms with van der Waals surface area (Å²) in [5.74, 6) is 1.81. The Labute approximate surface area is 184 Å². The number of phenolic OH excluding ortho intramolecular Hbond substituents is 1. The van der Waals surface area contributed by atoms with Crippen molar-refractivity contribution in [3.8, 4) is 11.5 Å². The summed E-state index contributed by atoms with van der Waals surface area (Å²) < 4.78 is 0. The number of hydrogen-bond donors (Lipinski definition) is 1. The third-order valence-electron chi connectivity index (χ3n) is 6.46. The average Bonchev–Trinajstić information content (AvgIpc) is 3.01. The number of anilines is 1. The van der Waals surface area contributed by atoms with Crippen molar-refractivity contribution in [3.05, 3.63) is 52.5 Å². The molecule has 1 heterocycles. The molecule has 2 atom stereocenters. The van der Waals surface area contributed by atoms with E-state index in [1.54, 1.807) is 12.1 Å². The second-order valence-electron chi connectivity index (χ2n) is 8.81. The molecule has 0 amide bonds. The molecule has 2 aromatic rings. The molecule has 1 fully saturated rings. The largest absolute Gasteiger partial charge is 0.508 e. The third kappa shape index (κ3) is 4.85. The van der Waals surface area contributed by atoms with Gasteiger partial charge in [0.15, 0.2) is 5.75 Å². The second kappa shape index (κ2) is 9.04. The zero-order valence-corrected chi connectivity index (χ0v) is 18.9. The van der Waals surface area contributed by atoms with Gasteiger partial charge in [-0.2, -0.15) is 0 Å². The van der Waals surface area contributed by atoms with Gasteiger partial charge in [0, 0.05) is 62.6 Å². The summed E-state index contributed by atoms with van der Waals surface area (Å²) in [6.45, 7) is 7.63. The number of hydrogen-bond acceptors (Lipinski definition) is 5. The monoisotopic (exact) mass is 429 g/mol. The molecule has 5 nitrogen and oxygen atoms in total. The minimum absolute atomic E-state index is 0.112. The molecule has 4 rings (SSSR count). The molecule has 30 heavy (non-hydrogen) atoms. The summed E-state index contributed by atoms with van der Waals surface area (Å²) in [4.78, 5) is 10.7. The van der Waals surface area contributed by atoms with Gasteiger partial charge in [-0.3, -0.25) is 0 Å².